The molecule has 1 aromatic heterocycles. The third-order valence-corrected chi connectivity index (χ3v) is 6.03. The fourth-order valence-electron chi connectivity index (χ4n) is 4.37. The summed E-state index contributed by atoms with van der Waals surface area (Å²) in [7, 11) is 0. The first-order chi connectivity index (χ1) is 15.5. The van der Waals surface area contributed by atoms with E-state index in [0.29, 0.717) is 5.57 Å². The van der Waals surface area contributed by atoms with Gasteiger partial charge in [-0.3, -0.25) is 4.79 Å². The lowest BCUT2D eigenvalue weighted by Gasteiger charge is -2.11. The van der Waals surface area contributed by atoms with Crippen LogP contribution < -0.4 is 11.1 Å². The number of carbonyl (C=O) groups excluding carboxylic acids is 1. The van der Waals surface area contributed by atoms with E-state index >= 15 is 0 Å². The minimum Gasteiger partial charge on any atom is -0.359 e. The number of hydrogen-bond donors (Lipinski definition) is 3. The predicted molar refractivity (Wildman–Crippen MR) is 133 cm³/mol. The molecule has 166 valence electrons. The van der Waals surface area contributed by atoms with Crippen molar-refractivity contribution < 1.29 is 4.79 Å². The van der Waals surface area contributed by atoms with Gasteiger partial charge in [-0.05, 0) is 80.7 Å². The maximum atomic E-state index is 12.4. The highest BCUT2D eigenvalue weighted by Gasteiger charge is 2.25. The number of aromatic amines is 1. The Morgan fingerprint density at radius 1 is 1.00 bits per heavy atom. The number of benzene rings is 2. The number of amides is 1. The van der Waals surface area contributed by atoms with E-state index in [0.717, 1.165) is 52.4 Å². The average molecular weight is 429 g/mol. The van der Waals surface area contributed by atoms with Gasteiger partial charge in [-0.25, -0.2) is 0 Å². The lowest BCUT2D eigenvalue weighted by molar-refractivity contribution is -0.110. The number of nitrogens with zero attached hydrogens (tertiary/aromatic N) is 1. The van der Waals surface area contributed by atoms with Crippen LogP contribution in [0, 0.1) is 13.8 Å². The van der Waals surface area contributed by atoms with Gasteiger partial charge >= 0.3 is 0 Å². The van der Waals surface area contributed by atoms with Gasteiger partial charge < -0.3 is 20.9 Å². The number of nitrogens with one attached hydrogen (secondary N) is 2. The Morgan fingerprint density at radius 3 is 2.41 bits per heavy atom. The number of likely N-dealkylation sites (tertiary alicyclic amines) is 1. The number of aromatic nitrogens is 1. The average Bonchev–Trinajstić information content (AvgIpc) is 3.50. The van der Waals surface area contributed by atoms with Crippen LogP contribution in [0.15, 0.2) is 54.6 Å². The topological polar surface area (TPSA) is 74.1 Å². The summed E-state index contributed by atoms with van der Waals surface area (Å²) in [6, 6.07) is 18.4. The molecule has 2 aliphatic rings. The predicted octanol–water partition coefficient (Wildman–Crippen LogP) is 4.83. The first-order valence-electron chi connectivity index (χ1n) is 11.4. The van der Waals surface area contributed by atoms with Crippen LogP contribution in [0.1, 0.15) is 35.4 Å². The number of hydrogen-bond acceptors (Lipinski definition) is 3. The normalized spacial score (nSPS) is 16.6. The molecule has 3 heterocycles. The summed E-state index contributed by atoms with van der Waals surface area (Å²) in [6.07, 6.45) is 4.69. The second-order valence-corrected chi connectivity index (χ2v) is 8.52. The van der Waals surface area contributed by atoms with Gasteiger partial charge in [-0.2, -0.15) is 0 Å². The molecule has 32 heavy (non-hydrogen) atoms. The summed E-state index contributed by atoms with van der Waals surface area (Å²) in [5.74, 6) is -0.0538. The van der Waals surface area contributed by atoms with E-state index in [1.54, 1.807) is 0 Å². The lowest BCUT2D eigenvalue weighted by atomic mass is 9.99. The number of rotatable bonds is 4. The fraction of sp³-hybridized carbons (Fsp3) is 0.296. The van der Waals surface area contributed by atoms with Crippen molar-refractivity contribution in [3.05, 3.63) is 77.1 Å². The summed E-state index contributed by atoms with van der Waals surface area (Å²) in [4.78, 5) is 18.1. The number of fused-ring (bicyclic) bond motifs is 1. The number of aryl methyl sites for hydroxylation is 2. The smallest absolute Gasteiger partial charge is 0.256 e. The van der Waals surface area contributed by atoms with E-state index in [1.807, 2.05) is 50.3 Å². The molecule has 0 aliphatic carbocycles. The van der Waals surface area contributed by atoms with E-state index in [2.05, 4.69) is 39.5 Å². The molecule has 5 heteroatoms. The molecule has 0 radical (unpaired) electrons. The highest BCUT2D eigenvalue weighted by Crippen LogP contribution is 2.36. The van der Waals surface area contributed by atoms with Crippen molar-refractivity contribution in [2.24, 2.45) is 5.73 Å². The Balaban J connectivity index is 0.000000260. The maximum Gasteiger partial charge on any atom is 0.256 e. The van der Waals surface area contributed by atoms with Crippen LogP contribution in [-0.2, 0) is 4.79 Å². The summed E-state index contributed by atoms with van der Waals surface area (Å²) in [5.41, 5.74) is 13.4. The minimum atomic E-state index is -0.0538. The molecule has 0 atom stereocenters. The highest BCUT2D eigenvalue weighted by molar-refractivity contribution is 6.35. The molecule has 4 N–H and O–H groups in total. The summed E-state index contributed by atoms with van der Waals surface area (Å²) in [5, 5.41) is 2.95. The standard InChI is InChI=1S/C21H18N2O.C6H14N2/c1-13-10-14(2)22-20(13)12-18-17-11-16(15-6-4-3-5-7-15)8-9-19(17)23-21(18)24;7-3-6-8-4-1-2-5-8/h3-12,22H,1-2H3,(H,23,24);1-7H2. The zero-order valence-corrected chi connectivity index (χ0v) is 18.9. The molecule has 0 bridgehead atoms. The monoisotopic (exact) mass is 428 g/mol. The summed E-state index contributed by atoms with van der Waals surface area (Å²) < 4.78 is 0. The van der Waals surface area contributed by atoms with Gasteiger partial charge in [0.2, 0.25) is 0 Å². The lowest BCUT2D eigenvalue weighted by Crippen LogP contribution is -2.26. The Bertz CT molecular complexity index is 1110. The van der Waals surface area contributed by atoms with Crippen LogP contribution in [-0.4, -0.2) is 42.0 Å². The van der Waals surface area contributed by atoms with Gasteiger partial charge in [-0.15, -0.1) is 0 Å². The van der Waals surface area contributed by atoms with E-state index in [9.17, 15) is 4.79 Å². The van der Waals surface area contributed by atoms with Gasteiger partial charge in [0.05, 0.1) is 5.57 Å². The molecule has 1 saturated heterocycles. The third-order valence-electron chi connectivity index (χ3n) is 6.03. The number of anilines is 1. The van der Waals surface area contributed by atoms with Gasteiger partial charge in [0.15, 0.2) is 0 Å². The SMILES string of the molecule is Cc1cc(C)c(C=C2C(=O)Nc3ccc(-c4ccccc4)cc32)[nH]1.NCCN1CCCC1. The third kappa shape index (κ3) is 5.01. The zero-order valence-electron chi connectivity index (χ0n) is 18.9. The van der Waals surface area contributed by atoms with Crippen molar-refractivity contribution in [3.8, 4) is 11.1 Å². The van der Waals surface area contributed by atoms with Crippen LogP contribution in [0.4, 0.5) is 5.69 Å². The van der Waals surface area contributed by atoms with Crippen LogP contribution in [0.25, 0.3) is 22.8 Å². The van der Waals surface area contributed by atoms with Crippen molar-refractivity contribution in [3.63, 3.8) is 0 Å². The maximum absolute atomic E-state index is 12.4. The Hall–Kier alpha value is -3.15. The van der Waals surface area contributed by atoms with Gasteiger partial charge in [0, 0.05) is 35.7 Å². The molecule has 0 unspecified atom stereocenters. The van der Waals surface area contributed by atoms with E-state index in [-0.39, 0.29) is 5.91 Å². The molecule has 5 nitrogen and oxygen atoms in total. The largest absolute Gasteiger partial charge is 0.359 e. The summed E-state index contributed by atoms with van der Waals surface area (Å²) >= 11 is 0. The van der Waals surface area contributed by atoms with E-state index in [1.165, 1.54) is 25.9 Å². The molecule has 3 aromatic rings. The molecule has 1 amide bonds. The summed E-state index contributed by atoms with van der Waals surface area (Å²) in [6.45, 7) is 8.53. The molecule has 0 saturated carbocycles. The Kier molecular flexibility index (Phi) is 6.88. The minimum absolute atomic E-state index is 0.0538. The van der Waals surface area contributed by atoms with Crippen molar-refractivity contribution in [2.75, 3.05) is 31.5 Å². The quantitative estimate of drug-likeness (QED) is 0.521. The van der Waals surface area contributed by atoms with E-state index in [4.69, 9.17) is 5.73 Å². The van der Waals surface area contributed by atoms with Crippen molar-refractivity contribution >= 4 is 23.2 Å². The molecular formula is C27H32N4O. The molecule has 2 aromatic carbocycles. The molecule has 2 aliphatic heterocycles. The van der Waals surface area contributed by atoms with Crippen molar-refractivity contribution in [2.45, 2.75) is 26.7 Å². The molecule has 5 rings (SSSR count). The fourth-order valence-corrected chi connectivity index (χ4v) is 4.37. The Morgan fingerprint density at radius 2 is 1.75 bits per heavy atom. The van der Waals surface area contributed by atoms with Gasteiger partial charge in [-0.1, -0.05) is 36.4 Å². The first kappa shape index (κ1) is 22.1. The first-order valence-corrected chi connectivity index (χ1v) is 11.4. The van der Waals surface area contributed by atoms with Gasteiger partial charge in [0.25, 0.3) is 5.91 Å². The van der Waals surface area contributed by atoms with Crippen molar-refractivity contribution in [1.82, 2.24) is 9.88 Å². The molecular weight excluding hydrogens is 396 g/mol. The van der Waals surface area contributed by atoms with Gasteiger partial charge in [0.1, 0.15) is 0 Å². The second-order valence-electron chi connectivity index (χ2n) is 8.52. The zero-order chi connectivity index (χ0) is 22.5. The number of carbonyl (C=O) groups is 1. The van der Waals surface area contributed by atoms with E-state index < -0.39 is 0 Å². The number of nitrogens with two attached hydrogens (primary N) is 1. The van der Waals surface area contributed by atoms with Crippen LogP contribution >= 0.6 is 0 Å². The molecule has 1 fully saturated rings. The Labute approximate surface area is 190 Å². The highest BCUT2D eigenvalue weighted by atomic mass is 16.2. The van der Waals surface area contributed by atoms with Crippen LogP contribution in [0.5, 0.6) is 0 Å². The second kappa shape index (κ2) is 9.98. The van der Waals surface area contributed by atoms with Crippen LogP contribution in [0.2, 0.25) is 0 Å². The van der Waals surface area contributed by atoms with Crippen LogP contribution in [0.3, 0.4) is 0 Å². The number of H-pyrrole nitrogens is 1. The molecule has 0 spiro atoms. The van der Waals surface area contributed by atoms with Crippen molar-refractivity contribution in [1.29, 1.82) is 0 Å².